The standard InChI is InChI=1S/C27H40N4O4/c1-7-18(8-2)26(34)31-16-23(32)24-22(31)13-14-30(24)27(35)21(15-17(3)4)28-25(33)19-9-11-20(12-10-19)29(5)6/h9-12,17-18,21-22,24H,7-8,13-16H2,1-6H3,(H,28,33)/t21?,22-,24?/m1/s1. The molecule has 0 aliphatic carbocycles. The average molecular weight is 485 g/mol. The maximum atomic E-state index is 13.7. The number of nitrogens with one attached hydrogen (secondary N) is 1. The van der Waals surface area contributed by atoms with Crippen LogP contribution in [0.2, 0.25) is 0 Å². The predicted molar refractivity (Wildman–Crippen MR) is 136 cm³/mol. The van der Waals surface area contributed by atoms with Crippen LogP contribution in [-0.4, -0.2) is 78.6 Å². The zero-order valence-electron chi connectivity index (χ0n) is 21.9. The molecule has 0 radical (unpaired) electrons. The molecular formula is C27H40N4O4. The van der Waals surface area contributed by atoms with E-state index in [0.717, 1.165) is 18.5 Å². The fourth-order valence-electron chi connectivity index (χ4n) is 5.28. The number of likely N-dealkylation sites (tertiary alicyclic amines) is 2. The Kier molecular flexibility index (Phi) is 8.56. The molecule has 2 aliphatic rings. The van der Waals surface area contributed by atoms with Crippen molar-refractivity contribution in [2.45, 2.75) is 71.5 Å². The van der Waals surface area contributed by atoms with Gasteiger partial charge in [0.05, 0.1) is 12.6 Å². The average Bonchev–Trinajstić information content (AvgIpc) is 3.40. The summed E-state index contributed by atoms with van der Waals surface area (Å²) in [5.41, 5.74) is 1.46. The molecule has 1 aromatic rings. The molecule has 35 heavy (non-hydrogen) atoms. The molecule has 3 atom stereocenters. The van der Waals surface area contributed by atoms with Crippen molar-refractivity contribution >= 4 is 29.2 Å². The number of Topliss-reactive ketones (excluding diaryl/α,β-unsaturated/α-hetero) is 1. The summed E-state index contributed by atoms with van der Waals surface area (Å²) in [4.78, 5) is 57.9. The van der Waals surface area contributed by atoms with E-state index in [4.69, 9.17) is 0 Å². The number of hydrogen-bond donors (Lipinski definition) is 1. The van der Waals surface area contributed by atoms with E-state index in [-0.39, 0.29) is 47.9 Å². The molecule has 2 unspecified atom stereocenters. The Balaban J connectivity index is 1.76. The summed E-state index contributed by atoms with van der Waals surface area (Å²) in [5.74, 6) is -0.556. The van der Waals surface area contributed by atoms with Crippen molar-refractivity contribution in [3.63, 3.8) is 0 Å². The molecule has 1 aromatic carbocycles. The number of anilines is 1. The molecule has 0 bridgehead atoms. The lowest BCUT2D eigenvalue weighted by Gasteiger charge is -2.29. The minimum Gasteiger partial charge on any atom is -0.378 e. The van der Waals surface area contributed by atoms with Gasteiger partial charge in [0.2, 0.25) is 11.8 Å². The van der Waals surface area contributed by atoms with E-state index < -0.39 is 12.1 Å². The van der Waals surface area contributed by atoms with E-state index in [2.05, 4.69) is 5.32 Å². The van der Waals surface area contributed by atoms with E-state index in [1.54, 1.807) is 21.9 Å². The maximum Gasteiger partial charge on any atom is 0.251 e. The van der Waals surface area contributed by atoms with Crippen LogP contribution in [0.3, 0.4) is 0 Å². The molecule has 2 heterocycles. The highest BCUT2D eigenvalue weighted by Gasteiger charge is 2.52. The van der Waals surface area contributed by atoms with Crippen LogP contribution < -0.4 is 10.2 Å². The van der Waals surface area contributed by atoms with Crippen LogP contribution in [0.1, 0.15) is 63.7 Å². The predicted octanol–water partition coefficient (Wildman–Crippen LogP) is 2.71. The number of benzene rings is 1. The first kappa shape index (κ1) is 26.7. The zero-order chi connectivity index (χ0) is 25.9. The molecule has 1 N–H and O–H groups in total. The fraction of sp³-hybridized carbons (Fsp3) is 0.630. The number of rotatable bonds is 9. The summed E-state index contributed by atoms with van der Waals surface area (Å²) in [6, 6.07) is 5.60. The number of amides is 3. The summed E-state index contributed by atoms with van der Waals surface area (Å²) in [7, 11) is 3.86. The molecule has 3 rings (SSSR count). The third kappa shape index (κ3) is 5.68. The second kappa shape index (κ2) is 11.2. The lowest BCUT2D eigenvalue weighted by Crippen LogP contribution is -2.53. The van der Waals surface area contributed by atoms with Crippen LogP contribution in [0, 0.1) is 11.8 Å². The van der Waals surface area contributed by atoms with E-state index >= 15 is 0 Å². The van der Waals surface area contributed by atoms with Crippen LogP contribution >= 0.6 is 0 Å². The highest BCUT2D eigenvalue weighted by Crippen LogP contribution is 2.32. The van der Waals surface area contributed by atoms with Gasteiger partial charge in [-0.15, -0.1) is 0 Å². The highest BCUT2D eigenvalue weighted by atomic mass is 16.2. The van der Waals surface area contributed by atoms with Gasteiger partial charge >= 0.3 is 0 Å². The van der Waals surface area contributed by atoms with Gasteiger partial charge in [0, 0.05) is 37.8 Å². The van der Waals surface area contributed by atoms with Gasteiger partial charge in [0.15, 0.2) is 5.78 Å². The molecule has 0 aromatic heterocycles. The first-order chi connectivity index (χ1) is 16.6. The molecule has 3 amide bonds. The van der Waals surface area contributed by atoms with Crippen molar-refractivity contribution in [1.82, 2.24) is 15.1 Å². The van der Waals surface area contributed by atoms with Crippen molar-refractivity contribution in [3.8, 4) is 0 Å². The summed E-state index contributed by atoms with van der Waals surface area (Å²) in [6.45, 7) is 8.45. The Morgan fingerprint density at radius 3 is 2.20 bits per heavy atom. The summed E-state index contributed by atoms with van der Waals surface area (Å²) in [6.07, 6.45) is 2.53. The van der Waals surface area contributed by atoms with Crippen molar-refractivity contribution in [2.75, 3.05) is 32.1 Å². The van der Waals surface area contributed by atoms with Gasteiger partial charge in [-0.25, -0.2) is 0 Å². The number of ketones is 1. The lowest BCUT2D eigenvalue weighted by molar-refractivity contribution is -0.138. The Morgan fingerprint density at radius 1 is 1.03 bits per heavy atom. The minimum absolute atomic E-state index is 0.0124. The summed E-state index contributed by atoms with van der Waals surface area (Å²) < 4.78 is 0. The Bertz CT molecular complexity index is 939. The Labute approximate surface area is 209 Å². The van der Waals surface area contributed by atoms with Crippen LogP contribution in [0.15, 0.2) is 24.3 Å². The Hall–Kier alpha value is -2.90. The molecule has 2 fully saturated rings. The molecule has 0 spiro atoms. The van der Waals surface area contributed by atoms with Crippen LogP contribution in [0.25, 0.3) is 0 Å². The number of nitrogens with zero attached hydrogens (tertiary/aromatic N) is 3. The van der Waals surface area contributed by atoms with Crippen molar-refractivity contribution in [2.24, 2.45) is 11.8 Å². The molecule has 8 heteroatoms. The second-order valence-corrected chi connectivity index (χ2v) is 10.4. The Morgan fingerprint density at radius 2 is 1.66 bits per heavy atom. The van der Waals surface area contributed by atoms with E-state index in [1.165, 1.54) is 0 Å². The van der Waals surface area contributed by atoms with Crippen molar-refractivity contribution in [1.29, 1.82) is 0 Å². The SMILES string of the molecule is CCC(CC)C(=O)N1CC(=O)C2[C@H]1CCN2C(=O)C(CC(C)C)NC(=O)c1ccc(N(C)C)cc1. The van der Waals surface area contributed by atoms with Gasteiger partial charge in [-0.1, -0.05) is 27.7 Å². The first-order valence-corrected chi connectivity index (χ1v) is 12.8. The number of fused-ring (bicyclic) bond motifs is 1. The monoisotopic (exact) mass is 484 g/mol. The largest absolute Gasteiger partial charge is 0.378 e. The zero-order valence-corrected chi connectivity index (χ0v) is 21.9. The topological polar surface area (TPSA) is 90.0 Å². The summed E-state index contributed by atoms with van der Waals surface area (Å²) >= 11 is 0. The lowest BCUT2D eigenvalue weighted by atomic mass is 10.0. The van der Waals surface area contributed by atoms with E-state index in [9.17, 15) is 19.2 Å². The van der Waals surface area contributed by atoms with Gasteiger partial charge in [0.1, 0.15) is 12.1 Å². The molecule has 2 aliphatic heterocycles. The summed E-state index contributed by atoms with van der Waals surface area (Å²) in [5, 5.41) is 2.92. The third-order valence-electron chi connectivity index (χ3n) is 7.28. The van der Waals surface area contributed by atoms with Gasteiger partial charge < -0.3 is 20.0 Å². The quantitative estimate of drug-likeness (QED) is 0.582. The van der Waals surface area contributed by atoms with Crippen LogP contribution in [0.4, 0.5) is 5.69 Å². The molecule has 0 saturated carbocycles. The van der Waals surface area contributed by atoms with E-state index in [1.807, 2.05) is 58.8 Å². The molecule has 192 valence electrons. The fourth-order valence-corrected chi connectivity index (χ4v) is 5.28. The second-order valence-electron chi connectivity index (χ2n) is 10.4. The maximum absolute atomic E-state index is 13.7. The van der Waals surface area contributed by atoms with Gasteiger partial charge in [-0.3, -0.25) is 19.2 Å². The van der Waals surface area contributed by atoms with E-state index in [0.29, 0.717) is 24.9 Å². The smallest absolute Gasteiger partial charge is 0.251 e. The minimum atomic E-state index is -0.730. The number of carbonyl (C=O) groups is 4. The van der Waals surface area contributed by atoms with Crippen LogP contribution in [-0.2, 0) is 14.4 Å². The van der Waals surface area contributed by atoms with Crippen molar-refractivity contribution in [3.05, 3.63) is 29.8 Å². The molecular weight excluding hydrogens is 444 g/mol. The van der Waals surface area contributed by atoms with Gasteiger partial charge in [-0.05, 0) is 55.9 Å². The highest BCUT2D eigenvalue weighted by molar-refractivity contribution is 6.01. The van der Waals surface area contributed by atoms with Crippen molar-refractivity contribution < 1.29 is 19.2 Å². The number of hydrogen-bond acceptors (Lipinski definition) is 5. The van der Waals surface area contributed by atoms with Gasteiger partial charge in [-0.2, -0.15) is 0 Å². The third-order valence-corrected chi connectivity index (χ3v) is 7.28. The normalized spacial score (nSPS) is 20.4. The molecule has 2 saturated heterocycles. The van der Waals surface area contributed by atoms with Gasteiger partial charge in [0.25, 0.3) is 5.91 Å². The first-order valence-electron chi connectivity index (χ1n) is 12.8. The molecule has 8 nitrogen and oxygen atoms in total. The van der Waals surface area contributed by atoms with Crippen LogP contribution in [0.5, 0.6) is 0 Å². The number of carbonyl (C=O) groups excluding carboxylic acids is 4.